The van der Waals surface area contributed by atoms with Crippen molar-refractivity contribution in [1.82, 2.24) is 24.8 Å². The first-order valence-corrected chi connectivity index (χ1v) is 16.2. The minimum absolute atomic E-state index is 0.0139. The third-order valence-electron chi connectivity index (χ3n) is 10.9. The number of hydrogen-bond donors (Lipinski definition) is 0. The van der Waals surface area contributed by atoms with Crippen molar-refractivity contribution >= 4 is 45.2 Å². The van der Waals surface area contributed by atoms with Gasteiger partial charge in [0.1, 0.15) is 35.1 Å². The van der Waals surface area contributed by atoms with Gasteiger partial charge in [-0.05, 0) is 63.4 Å². The molecule has 0 radical (unpaired) electrons. The summed E-state index contributed by atoms with van der Waals surface area (Å²) in [5.41, 5.74) is -0.122. The number of aromatic nitrogens is 3. The van der Waals surface area contributed by atoms with Crippen molar-refractivity contribution in [3.63, 3.8) is 0 Å². The Morgan fingerprint density at radius 1 is 1.11 bits per heavy atom. The second-order valence-electron chi connectivity index (χ2n) is 14.4. The van der Waals surface area contributed by atoms with Gasteiger partial charge in [-0.3, -0.25) is 9.88 Å². The van der Waals surface area contributed by atoms with Crippen LogP contribution in [0.5, 0.6) is 6.01 Å². The number of piperidine rings is 1. The van der Waals surface area contributed by atoms with Gasteiger partial charge in [0.15, 0.2) is 5.82 Å². The Labute approximate surface area is 269 Å². The minimum atomic E-state index is -0.664. The van der Waals surface area contributed by atoms with Gasteiger partial charge < -0.3 is 19.3 Å². The first-order chi connectivity index (χ1) is 22.0. The number of halogens is 3. The lowest BCUT2D eigenvalue weighted by atomic mass is 9.96. The summed E-state index contributed by atoms with van der Waals surface area (Å²) in [6.45, 7) is 8.14. The molecule has 6 fully saturated rings. The van der Waals surface area contributed by atoms with E-state index in [9.17, 15) is 9.18 Å². The Bertz CT molecular complexity index is 1980. The highest BCUT2D eigenvalue weighted by Crippen LogP contribution is 2.82. The van der Waals surface area contributed by atoms with Gasteiger partial charge in [0.25, 0.3) is 0 Å². The van der Waals surface area contributed by atoms with Crippen molar-refractivity contribution in [3.05, 3.63) is 53.2 Å². The van der Waals surface area contributed by atoms with Crippen LogP contribution in [-0.4, -0.2) is 87.4 Å². The van der Waals surface area contributed by atoms with Gasteiger partial charge in [-0.15, -0.1) is 0 Å². The van der Waals surface area contributed by atoms with Gasteiger partial charge in [-0.1, -0.05) is 35.9 Å². The van der Waals surface area contributed by atoms with Crippen molar-refractivity contribution in [2.45, 2.75) is 50.4 Å². The number of likely N-dealkylation sites (tertiary alicyclic amines) is 1. The van der Waals surface area contributed by atoms with E-state index in [4.69, 9.17) is 26.1 Å². The summed E-state index contributed by atoms with van der Waals surface area (Å²) in [4.78, 5) is 33.1. The average Bonchev–Trinajstić information content (AvgIpc) is 3.77. The molecular weight excluding hydrogens is 614 g/mol. The number of ether oxygens (including phenoxy) is 2. The zero-order chi connectivity index (χ0) is 31.9. The molecule has 0 spiro atoms. The van der Waals surface area contributed by atoms with E-state index in [0.29, 0.717) is 59.1 Å². The van der Waals surface area contributed by atoms with Crippen LogP contribution in [0.2, 0.25) is 5.02 Å². The maximum Gasteiger partial charge on any atom is 0.410 e. The van der Waals surface area contributed by atoms with Gasteiger partial charge in [-0.2, -0.15) is 9.97 Å². The molecule has 2 aromatic carbocycles. The Morgan fingerprint density at radius 2 is 1.91 bits per heavy atom. The normalized spacial score (nSPS) is 29.2. The molecule has 2 aliphatic carbocycles. The molecule has 4 aliphatic heterocycles. The molecule has 2 bridgehead atoms. The average molecular weight is 647 g/mol. The maximum absolute atomic E-state index is 16.7. The van der Waals surface area contributed by atoms with Crippen molar-refractivity contribution < 1.29 is 23.0 Å². The van der Waals surface area contributed by atoms with E-state index in [1.165, 1.54) is 6.07 Å². The van der Waals surface area contributed by atoms with Crippen molar-refractivity contribution in [3.8, 4) is 17.3 Å². The standard InChI is InChI=1S/C34H33ClF2N6O3/c1-33(2,3)46-32(44)42-11-10-21-22(42)14-43(21)30-18-12-38-28(17-7-5-6-16-8-9-20(36)26(35)23(16)17)27(37)29(18)39-31(40-30)45-15-34-24-19(25(24)34)13-41(34)4/h5-9,12,19,21-22,24-25H,10-11,13-15H2,1-4H3/t19-,21-,22-,24?,25-,34-/m1/s1. The van der Waals surface area contributed by atoms with Gasteiger partial charge in [0.05, 0.1) is 28.0 Å². The lowest BCUT2D eigenvalue weighted by Gasteiger charge is -2.47. The van der Waals surface area contributed by atoms with Gasteiger partial charge in [0, 0.05) is 36.8 Å². The van der Waals surface area contributed by atoms with E-state index in [-0.39, 0.29) is 46.0 Å². The first-order valence-electron chi connectivity index (χ1n) is 15.8. The molecule has 46 heavy (non-hydrogen) atoms. The molecule has 6 aliphatic rings. The van der Waals surface area contributed by atoms with Gasteiger partial charge in [0.2, 0.25) is 0 Å². The van der Waals surface area contributed by atoms with E-state index in [2.05, 4.69) is 26.8 Å². The summed E-state index contributed by atoms with van der Waals surface area (Å²) in [6.07, 6.45) is 1.95. The second-order valence-corrected chi connectivity index (χ2v) is 14.8. The second kappa shape index (κ2) is 9.38. The van der Waals surface area contributed by atoms with Crippen molar-refractivity contribution in [2.24, 2.45) is 17.8 Å². The minimum Gasteiger partial charge on any atom is -0.461 e. The van der Waals surface area contributed by atoms with E-state index in [1.807, 2.05) is 20.8 Å². The smallest absolute Gasteiger partial charge is 0.410 e. The summed E-state index contributed by atoms with van der Waals surface area (Å²) >= 11 is 6.41. The molecule has 1 amide bonds. The third-order valence-corrected chi connectivity index (χ3v) is 11.2. The van der Waals surface area contributed by atoms with Crippen LogP contribution in [0.15, 0.2) is 36.5 Å². The molecule has 6 heterocycles. The molecule has 2 saturated carbocycles. The van der Waals surface area contributed by atoms with Crippen LogP contribution in [-0.2, 0) is 4.74 Å². The van der Waals surface area contributed by atoms with Crippen LogP contribution in [0.3, 0.4) is 0 Å². The number of nitrogens with zero attached hydrogens (tertiary/aromatic N) is 6. The number of likely N-dealkylation sites (N-methyl/N-ethyl adjacent to an activating group) is 1. The van der Waals surface area contributed by atoms with Crippen molar-refractivity contribution in [2.75, 3.05) is 38.2 Å². The summed E-state index contributed by atoms with van der Waals surface area (Å²) in [7, 11) is 2.13. The summed E-state index contributed by atoms with van der Waals surface area (Å²) in [5, 5.41) is 1.39. The molecule has 2 aromatic heterocycles. The summed E-state index contributed by atoms with van der Waals surface area (Å²) in [5.74, 6) is 1.35. The Balaban J connectivity index is 1.11. The van der Waals surface area contributed by atoms with E-state index in [1.54, 1.807) is 35.4 Å². The number of rotatable bonds is 5. The number of hydrogen-bond acceptors (Lipinski definition) is 8. The third kappa shape index (κ3) is 3.87. The van der Waals surface area contributed by atoms with Crippen LogP contribution in [0.4, 0.5) is 19.4 Å². The first kappa shape index (κ1) is 28.4. The topological polar surface area (TPSA) is 83.9 Å². The maximum atomic E-state index is 16.7. The van der Waals surface area contributed by atoms with Crippen LogP contribution in [0, 0.1) is 29.4 Å². The van der Waals surface area contributed by atoms with E-state index in [0.717, 1.165) is 18.9 Å². The monoisotopic (exact) mass is 646 g/mol. The lowest BCUT2D eigenvalue weighted by Crippen LogP contribution is -2.63. The quantitative estimate of drug-likeness (QED) is 0.265. The molecule has 4 aromatic rings. The molecule has 0 N–H and O–H groups in total. The number of carbonyl (C=O) groups is 1. The van der Waals surface area contributed by atoms with Gasteiger partial charge in [-0.25, -0.2) is 13.6 Å². The number of carbonyl (C=O) groups excluding carboxylic acids is 1. The van der Waals surface area contributed by atoms with E-state index < -0.39 is 17.2 Å². The number of anilines is 1. The molecule has 238 valence electrons. The molecular formula is C34H33ClF2N6O3. The van der Waals surface area contributed by atoms with Gasteiger partial charge >= 0.3 is 12.1 Å². The molecule has 4 saturated heterocycles. The van der Waals surface area contributed by atoms with Crippen molar-refractivity contribution in [1.29, 1.82) is 0 Å². The number of benzene rings is 2. The zero-order valence-corrected chi connectivity index (χ0v) is 26.7. The summed E-state index contributed by atoms with van der Waals surface area (Å²) in [6, 6.07) is 8.18. The van der Waals surface area contributed by atoms with Crippen LogP contribution in [0.25, 0.3) is 32.9 Å². The lowest BCUT2D eigenvalue weighted by molar-refractivity contribution is 0.0193. The molecule has 9 nitrogen and oxygen atoms in total. The number of amides is 1. The number of fused-ring (bicyclic) bond motifs is 4. The summed E-state index contributed by atoms with van der Waals surface area (Å²) < 4.78 is 43.2. The largest absolute Gasteiger partial charge is 0.461 e. The van der Waals surface area contributed by atoms with E-state index >= 15 is 4.39 Å². The Hall–Kier alpha value is -3.83. The highest BCUT2D eigenvalue weighted by molar-refractivity contribution is 6.36. The fraction of sp³-hybridized carbons (Fsp3) is 0.471. The van der Waals surface area contributed by atoms with Crippen LogP contribution >= 0.6 is 11.6 Å². The highest BCUT2D eigenvalue weighted by atomic mass is 35.5. The molecule has 6 atom stereocenters. The molecule has 12 heteroatoms. The Kier molecular flexibility index (Phi) is 5.79. The SMILES string of the molecule is CN1C[C@@H]2C3[C@@H]2[C@@]31COc1nc(N2C[C@@H]3[C@H]2CCN3C(=O)OC(C)(C)C)c2cnc(-c3cccc4ccc(F)c(Cl)c34)c(F)c2n1. The molecule has 10 rings (SSSR count). The fourth-order valence-corrected chi connectivity index (χ4v) is 8.87. The number of pyridine rings is 1. The highest BCUT2D eigenvalue weighted by Gasteiger charge is 2.90. The predicted octanol–water partition coefficient (Wildman–Crippen LogP) is 5.91. The zero-order valence-electron chi connectivity index (χ0n) is 25.9. The van der Waals surface area contributed by atoms with Crippen LogP contribution < -0.4 is 9.64 Å². The van der Waals surface area contributed by atoms with Crippen LogP contribution in [0.1, 0.15) is 27.2 Å². The molecule has 1 unspecified atom stereocenters. The Morgan fingerprint density at radius 3 is 2.65 bits per heavy atom. The fourth-order valence-electron chi connectivity index (χ4n) is 8.60. The predicted molar refractivity (Wildman–Crippen MR) is 169 cm³/mol.